The molecule has 1 amide bonds. The molecular formula is C12H20F3NO2. The maximum absolute atomic E-state index is 12.0. The van der Waals surface area contributed by atoms with Crippen LogP contribution in [0.3, 0.4) is 0 Å². The lowest BCUT2D eigenvalue weighted by atomic mass is 9.77. The second kappa shape index (κ2) is 5.91. The number of aliphatic hydroxyl groups excluding tert-OH is 1. The quantitative estimate of drug-likeness (QED) is 0.821. The predicted octanol–water partition coefficient (Wildman–Crippen LogP) is 2.39. The Kier molecular flexibility index (Phi) is 5.01. The average molecular weight is 267 g/mol. The van der Waals surface area contributed by atoms with Crippen LogP contribution in [0.4, 0.5) is 13.2 Å². The van der Waals surface area contributed by atoms with E-state index in [0.717, 1.165) is 12.8 Å². The van der Waals surface area contributed by atoms with Gasteiger partial charge in [-0.1, -0.05) is 6.92 Å². The van der Waals surface area contributed by atoms with Crippen LogP contribution in [0.25, 0.3) is 0 Å². The maximum Gasteiger partial charge on any atom is 0.389 e. The molecule has 18 heavy (non-hydrogen) atoms. The maximum atomic E-state index is 12.0. The highest BCUT2D eigenvalue weighted by molar-refractivity contribution is 5.76. The molecule has 0 heterocycles. The van der Waals surface area contributed by atoms with Crippen LogP contribution in [0, 0.1) is 5.92 Å². The van der Waals surface area contributed by atoms with Crippen molar-refractivity contribution >= 4 is 5.91 Å². The Morgan fingerprint density at radius 1 is 1.39 bits per heavy atom. The zero-order valence-corrected chi connectivity index (χ0v) is 10.5. The van der Waals surface area contributed by atoms with Crippen LogP contribution >= 0.6 is 0 Å². The fourth-order valence-electron chi connectivity index (χ4n) is 2.25. The van der Waals surface area contributed by atoms with Crippen LogP contribution in [0.15, 0.2) is 0 Å². The molecule has 1 fully saturated rings. The third-order valence-corrected chi connectivity index (χ3v) is 3.57. The van der Waals surface area contributed by atoms with Crippen LogP contribution in [-0.4, -0.2) is 29.3 Å². The van der Waals surface area contributed by atoms with Gasteiger partial charge in [0.15, 0.2) is 0 Å². The molecular weight excluding hydrogens is 247 g/mol. The summed E-state index contributed by atoms with van der Waals surface area (Å²) in [6, 6.07) is 0. The SMILES string of the molecule is CC1CCC(CO)(NC(=O)CCC(F)(F)F)CC1. The molecule has 1 saturated carbocycles. The molecule has 1 rings (SSSR count). The highest BCUT2D eigenvalue weighted by atomic mass is 19.4. The summed E-state index contributed by atoms with van der Waals surface area (Å²) in [5, 5.41) is 12.0. The number of rotatable bonds is 4. The Morgan fingerprint density at radius 3 is 2.39 bits per heavy atom. The van der Waals surface area contributed by atoms with Crippen molar-refractivity contribution in [3.05, 3.63) is 0 Å². The predicted molar refractivity (Wildman–Crippen MR) is 60.9 cm³/mol. The van der Waals surface area contributed by atoms with Gasteiger partial charge in [-0.2, -0.15) is 13.2 Å². The minimum atomic E-state index is -4.31. The number of alkyl halides is 3. The first-order chi connectivity index (χ1) is 8.26. The summed E-state index contributed by atoms with van der Waals surface area (Å²) >= 11 is 0. The van der Waals surface area contributed by atoms with Crippen molar-refractivity contribution in [3.63, 3.8) is 0 Å². The van der Waals surface area contributed by atoms with E-state index in [2.05, 4.69) is 12.2 Å². The fourth-order valence-corrected chi connectivity index (χ4v) is 2.25. The van der Waals surface area contributed by atoms with Crippen LogP contribution < -0.4 is 5.32 Å². The van der Waals surface area contributed by atoms with Gasteiger partial charge in [-0.25, -0.2) is 0 Å². The molecule has 0 atom stereocenters. The zero-order chi connectivity index (χ0) is 13.8. The molecule has 106 valence electrons. The van der Waals surface area contributed by atoms with E-state index in [9.17, 15) is 23.1 Å². The molecule has 0 aromatic heterocycles. The highest BCUT2D eigenvalue weighted by Gasteiger charge is 2.36. The third-order valence-electron chi connectivity index (χ3n) is 3.57. The second-order valence-corrected chi connectivity index (χ2v) is 5.28. The summed E-state index contributed by atoms with van der Waals surface area (Å²) in [7, 11) is 0. The Balaban J connectivity index is 2.45. The van der Waals surface area contributed by atoms with E-state index in [4.69, 9.17) is 0 Å². The molecule has 1 aliphatic carbocycles. The molecule has 0 saturated heterocycles. The van der Waals surface area contributed by atoms with Gasteiger partial charge in [0, 0.05) is 6.42 Å². The van der Waals surface area contributed by atoms with Gasteiger partial charge in [0.2, 0.25) is 5.91 Å². The van der Waals surface area contributed by atoms with Crippen molar-refractivity contribution in [2.45, 2.75) is 57.2 Å². The number of hydrogen-bond acceptors (Lipinski definition) is 2. The lowest BCUT2D eigenvalue weighted by molar-refractivity contribution is -0.145. The molecule has 3 nitrogen and oxygen atoms in total. The van der Waals surface area contributed by atoms with Crippen molar-refractivity contribution in [1.82, 2.24) is 5.32 Å². The Hall–Kier alpha value is -0.780. The van der Waals surface area contributed by atoms with Gasteiger partial charge in [0.1, 0.15) is 0 Å². The summed E-state index contributed by atoms with van der Waals surface area (Å²) in [4.78, 5) is 11.5. The molecule has 1 aliphatic rings. The molecule has 0 aliphatic heterocycles. The van der Waals surface area contributed by atoms with Crippen molar-refractivity contribution in [3.8, 4) is 0 Å². The summed E-state index contributed by atoms with van der Waals surface area (Å²) in [6.07, 6.45) is -2.99. The lowest BCUT2D eigenvalue weighted by Gasteiger charge is -2.38. The summed E-state index contributed by atoms with van der Waals surface area (Å²) < 4.78 is 36.0. The summed E-state index contributed by atoms with van der Waals surface area (Å²) in [5.41, 5.74) is -0.713. The second-order valence-electron chi connectivity index (χ2n) is 5.28. The van der Waals surface area contributed by atoms with Gasteiger partial charge in [-0.15, -0.1) is 0 Å². The Morgan fingerprint density at radius 2 is 1.94 bits per heavy atom. The van der Waals surface area contributed by atoms with E-state index in [1.54, 1.807) is 0 Å². The van der Waals surface area contributed by atoms with E-state index in [1.807, 2.05) is 0 Å². The average Bonchev–Trinajstić information content (AvgIpc) is 2.29. The van der Waals surface area contributed by atoms with Gasteiger partial charge < -0.3 is 10.4 Å². The number of carbonyl (C=O) groups excluding carboxylic acids is 1. The molecule has 6 heteroatoms. The molecule has 0 aromatic rings. The monoisotopic (exact) mass is 267 g/mol. The Bertz CT molecular complexity index is 284. The fraction of sp³-hybridized carbons (Fsp3) is 0.917. The topological polar surface area (TPSA) is 49.3 Å². The minimum Gasteiger partial charge on any atom is -0.394 e. The lowest BCUT2D eigenvalue weighted by Crippen LogP contribution is -2.53. The van der Waals surface area contributed by atoms with E-state index in [-0.39, 0.29) is 6.61 Å². The number of hydrogen-bond donors (Lipinski definition) is 2. The van der Waals surface area contributed by atoms with Crippen molar-refractivity contribution < 1.29 is 23.1 Å². The highest BCUT2D eigenvalue weighted by Crippen LogP contribution is 2.32. The first kappa shape index (κ1) is 15.3. The smallest absolute Gasteiger partial charge is 0.389 e. The zero-order valence-electron chi connectivity index (χ0n) is 10.5. The first-order valence-corrected chi connectivity index (χ1v) is 6.25. The summed E-state index contributed by atoms with van der Waals surface area (Å²) in [6.45, 7) is 1.88. The molecule has 0 radical (unpaired) electrons. The summed E-state index contributed by atoms with van der Waals surface area (Å²) in [5.74, 6) is -0.0901. The first-order valence-electron chi connectivity index (χ1n) is 6.25. The Labute approximate surface area is 105 Å². The number of halogens is 3. The van der Waals surface area contributed by atoms with E-state index in [1.165, 1.54) is 0 Å². The minimum absolute atomic E-state index is 0.211. The number of carbonyl (C=O) groups is 1. The van der Waals surface area contributed by atoms with Crippen LogP contribution in [-0.2, 0) is 4.79 Å². The van der Waals surface area contributed by atoms with Gasteiger partial charge >= 0.3 is 6.18 Å². The van der Waals surface area contributed by atoms with E-state index < -0.39 is 30.5 Å². The van der Waals surface area contributed by atoms with E-state index in [0.29, 0.717) is 18.8 Å². The molecule has 2 N–H and O–H groups in total. The van der Waals surface area contributed by atoms with Gasteiger partial charge in [-0.05, 0) is 31.6 Å². The molecule has 0 unspecified atom stereocenters. The molecule has 0 bridgehead atoms. The normalized spacial score (nSPS) is 29.1. The van der Waals surface area contributed by atoms with Gasteiger partial charge in [0.25, 0.3) is 0 Å². The van der Waals surface area contributed by atoms with Gasteiger partial charge in [0.05, 0.1) is 18.6 Å². The number of amides is 1. The van der Waals surface area contributed by atoms with E-state index >= 15 is 0 Å². The van der Waals surface area contributed by atoms with Crippen LogP contribution in [0.1, 0.15) is 45.4 Å². The number of aliphatic hydroxyl groups is 1. The van der Waals surface area contributed by atoms with Crippen molar-refractivity contribution in [2.75, 3.05) is 6.61 Å². The van der Waals surface area contributed by atoms with Crippen LogP contribution in [0.2, 0.25) is 0 Å². The molecule has 0 aromatic carbocycles. The largest absolute Gasteiger partial charge is 0.394 e. The van der Waals surface area contributed by atoms with Crippen LogP contribution in [0.5, 0.6) is 0 Å². The van der Waals surface area contributed by atoms with Crippen molar-refractivity contribution in [2.24, 2.45) is 5.92 Å². The third kappa shape index (κ3) is 4.84. The molecule has 0 spiro atoms. The standard InChI is InChI=1S/C12H20F3NO2/c1-9-2-5-11(8-17,6-3-9)16-10(18)4-7-12(13,14)15/h9,17H,2-8H2,1H3,(H,16,18). The van der Waals surface area contributed by atoms with Crippen molar-refractivity contribution in [1.29, 1.82) is 0 Å². The van der Waals surface area contributed by atoms with Gasteiger partial charge in [-0.3, -0.25) is 4.79 Å². The number of nitrogens with one attached hydrogen (secondary N) is 1.